The lowest BCUT2D eigenvalue weighted by Gasteiger charge is -2.18. The van der Waals surface area contributed by atoms with Gasteiger partial charge in [0.15, 0.2) is 11.6 Å². The minimum Gasteiger partial charge on any atom is -0.494 e. The van der Waals surface area contributed by atoms with E-state index in [1.807, 2.05) is 4.72 Å². The van der Waals surface area contributed by atoms with E-state index in [0.717, 1.165) is 13.4 Å². The predicted octanol–water partition coefficient (Wildman–Crippen LogP) is 3.54. The number of sulfonamides is 1. The van der Waals surface area contributed by atoms with Gasteiger partial charge in [-0.3, -0.25) is 4.72 Å². The molecule has 0 fully saturated rings. The second-order valence-corrected chi connectivity index (χ2v) is 6.86. The van der Waals surface area contributed by atoms with Gasteiger partial charge in [0.25, 0.3) is 0 Å². The van der Waals surface area contributed by atoms with E-state index < -0.39 is 33.2 Å². The molecule has 2 aromatic rings. The number of nitrogens with one attached hydrogen (secondary N) is 2. The van der Waals surface area contributed by atoms with Crippen molar-refractivity contribution in [1.29, 1.82) is 0 Å². The van der Waals surface area contributed by atoms with Crippen LogP contribution in [0, 0.1) is 24.4 Å². The van der Waals surface area contributed by atoms with Crippen molar-refractivity contribution in [2.75, 3.05) is 23.4 Å². The third-order valence-electron chi connectivity index (χ3n) is 3.08. The summed E-state index contributed by atoms with van der Waals surface area (Å²) in [4.78, 5) is 0. The van der Waals surface area contributed by atoms with Crippen LogP contribution in [0.25, 0.3) is 0 Å². The summed E-state index contributed by atoms with van der Waals surface area (Å²) in [7, 11) is -2.66. The normalized spacial score (nSPS) is 11.2. The maximum atomic E-state index is 14.2. The molecule has 0 heterocycles. The minimum atomic E-state index is -3.82. The summed E-state index contributed by atoms with van der Waals surface area (Å²) in [5, 5.41) is 2.38. The van der Waals surface area contributed by atoms with E-state index in [0.29, 0.717) is 11.6 Å². The summed E-state index contributed by atoms with van der Waals surface area (Å²) in [6.45, 7) is 1.66. The highest BCUT2D eigenvalue weighted by Crippen LogP contribution is 2.39. The van der Waals surface area contributed by atoms with Crippen molar-refractivity contribution in [1.82, 2.24) is 0 Å². The van der Waals surface area contributed by atoms with Crippen molar-refractivity contribution in [3.8, 4) is 5.75 Å². The van der Waals surface area contributed by atoms with Crippen LogP contribution in [-0.2, 0) is 10.0 Å². The first-order valence-electron chi connectivity index (χ1n) is 6.69. The Morgan fingerprint density at radius 2 is 1.71 bits per heavy atom. The number of anilines is 3. The fourth-order valence-corrected chi connectivity index (χ4v) is 2.60. The molecule has 0 saturated heterocycles. The number of rotatable bonds is 5. The first-order valence-corrected chi connectivity index (χ1v) is 8.58. The standard InChI is InChI=1S/C15H15F3N2O3S/c1-8-4-5-11(9(16)6-8)19-15-13(18)10(17)7-12(23-2)14(15)20-24(3,21)22/h4-7,19-20H,1-3H3. The lowest BCUT2D eigenvalue weighted by atomic mass is 10.2. The molecule has 0 saturated carbocycles. The maximum absolute atomic E-state index is 14.2. The Bertz CT molecular complexity index is 886. The second-order valence-electron chi connectivity index (χ2n) is 5.11. The number of halogens is 3. The summed E-state index contributed by atoms with van der Waals surface area (Å²) in [5.74, 6) is -3.61. The highest BCUT2D eigenvalue weighted by molar-refractivity contribution is 7.92. The Morgan fingerprint density at radius 3 is 2.25 bits per heavy atom. The molecule has 130 valence electrons. The summed E-state index contributed by atoms with van der Waals surface area (Å²) >= 11 is 0. The van der Waals surface area contributed by atoms with Gasteiger partial charge >= 0.3 is 0 Å². The van der Waals surface area contributed by atoms with Crippen LogP contribution in [-0.4, -0.2) is 21.8 Å². The number of benzene rings is 2. The smallest absolute Gasteiger partial charge is 0.230 e. The molecule has 0 amide bonds. The molecule has 5 nitrogen and oxygen atoms in total. The third-order valence-corrected chi connectivity index (χ3v) is 3.65. The lowest BCUT2D eigenvalue weighted by molar-refractivity contribution is 0.409. The Morgan fingerprint density at radius 1 is 1.04 bits per heavy atom. The molecule has 2 rings (SSSR count). The van der Waals surface area contributed by atoms with Crippen molar-refractivity contribution < 1.29 is 26.3 Å². The summed E-state index contributed by atoms with van der Waals surface area (Å²) in [6.07, 6.45) is 0.837. The molecule has 0 spiro atoms. The van der Waals surface area contributed by atoms with Gasteiger partial charge in [-0.15, -0.1) is 0 Å². The fourth-order valence-electron chi connectivity index (χ4n) is 2.02. The van der Waals surface area contributed by atoms with E-state index in [-0.39, 0.29) is 17.1 Å². The van der Waals surface area contributed by atoms with Crippen molar-refractivity contribution in [2.24, 2.45) is 0 Å². The van der Waals surface area contributed by atoms with Gasteiger partial charge < -0.3 is 10.1 Å². The molecule has 0 unspecified atom stereocenters. The molecular weight excluding hydrogens is 345 g/mol. The molecule has 0 aliphatic rings. The highest BCUT2D eigenvalue weighted by Gasteiger charge is 2.22. The Kier molecular flexibility index (Phi) is 4.93. The molecule has 0 aliphatic heterocycles. The summed E-state index contributed by atoms with van der Waals surface area (Å²) < 4.78 is 71.8. The molecule has 2 N–H and O–H groups in total. The van der Waals surface area contributed by atoms with Gasteiger partial charge in [-0.2, -0.15) is 0 Å². The minimum absolute atomic E-state index is 0.149. The van der Waals surface area contributed by atoms with Crippen molar-refractivity contribution in [3.63, 3.8) is 0 Å². The second kappa shape index (κ2) is 6.60. The molecule has 0 aromatic heterocycles. The van der Waals surface area contributed by atoms with Gasteiger partial charge in [0.1, 0.15) is 22.9 Å². The number of methoxy groups -OCH3 is 1. The number of hydrogen-bond donors (Lipinski definition) is 2. The van der Waals surface area contributed by atoms with Gasteiger partial charge in [0, 0.05) is 6.07 Å². The monoisotopic (exact) mass is 360 g/mol. The number of hydrogen-bond acceptors (Lipinski definition) is 4. The van der Waals surface area contributed by atoms with E-state index in [1.165, 1.54) is 12.1 Å². The zero-order valence-corrected chi connectivity index (χ0v) is 13.9. The average Bonchev–Trinajstić information content (AvgIpc) is 2.47. The van der Waals surface area contributed by atoms with Crippen LogP contribution in [0.5, 0.6) is 5.75 Å². The van der Waals surface area contributed by atoms with E-state index in [4.69, 9.17) is 4.74 Å². The molecular formula is C15H15F3N2O3S. The van der Waals surface area contributed by atoms with Gasteiger partial charge in [-0.25, -0.2) is 21.6 Å². The molecule has 0 aliphatic carbocycles. The van der Waals surface area contributed by atoms with E-state index in [9.17, 15) is 21.6 Å². The average molecular weight is 360 g/mol. The van der Waals surface area contributed by atoms with Gasteiger partial charge in [0.05, 0.1) is 19.1 Å². The summed E-state index contributed by atoms with van der Waals surface area (Å²) in [5.41, 5.74) is -0.465. The van der Waals surface area contributed by atoms with Crippen LogP contribution in [0.1, 0.15) is 5.56 Å². The van der Waals surface area contributed by atoms with Crippen LogP contribution >= 0.6 is 0 Å². The SMILES string of the molecule is COc1cc(F)c(F)c(Nc2ccc(C)cc2F)c1NS(C)(=O)=O. The van der Waals surface area contributed by atoms with Crippen LogP contribution in [0.3, 0.4) is 0 Å². The highest BCUT2D eigenvalue weighted by atomic mass is 32.2. The van der Waals surface area contributed by atoms with Crippen molar-refractivity contribution in [3.05, 3.63) is 47.3 Å². The van der Waals surface area contributed by atoms with Gasteiger partial charge in [-0.05, 0) is 24.6 Å². The zero-order chi connectivity index (χ0) is 18.1. The fraction of sp³-hybridized carbons (Fsp3) is 0.200. The molecule has 0 radical (unpaired) electrons. The van der Waals surface area contributed by atoms with Crippen molar-refractivity contribution in [2.45, 2.75) is 6.92 Å². The molecule has 0 atom stereocenters. The predicted molar refractivity (Wildman–Crippen MR) is 85.8 cm³/mol. The van der Waals surface area contributed by atoms with Crippen LogP contribution in [0.15, 0.2) is 24.3 Å². The topological polar surface area (TPSA) is 67.4 Å². The molecule has 0 bridgehead atoms. The van der Waals surface area contributed by atoms with E-state index >= 15 is 0 Å². The Hall–Kier alpha value is -2.42. The molecule has 2 aromatic carbocycles. The molecule has 24 heavy (non-hydrogen) atoms. The Labute approximate surface area is 137 Å². The van der Waals surface area contributed by atoms with Crippen molar-refractivity contribution >= 4 is 27.1 Å². The largest absolute Gasteiger partial charge is 0.494 e. The maximum Gasteiger partial charge on any atom is 0.230 e. The van der Waals surface area contributed by atoms with Gasteiger partial charge in [-0.1, -0.05) is 6.07 Å². The first-order chi connectivity index (χ1) is 11.1. The van der Waals surface area contributed by atoms with E-state index in [2.05, 4.69) is 5.32 Å². The van der Waals surface area contributed by atoms with E-state index in [1.54, 1.807) is 13.0 Å². The Balaban J connectivity index is 2.63. The lowest BCUT2D eigenvalue weighted by Crippen LogP contribution is -2.14. The van der Waals surface area contributed by atoms with Crippen LogP contribution < -0.4 is 14.8 Å². The summed E-state index contributed by atoms with van der Waals surface area (Å²) in [6, 6.07) is 4.77. The zero-order valence-electron chi connectivity index (χ0n) is 13.1. The van der Waals surface area contributed by atoms with Crippen LogP contribution in [0.4, 0.5) is 30.2 Å². The number of aryl methyl sites for hydroxylation is 1. The first kappa shape index (κ1) is 17.9. The van der Waals surface area contributed by atoms with Crippen LogP contribution in [0.2, 0.25) is 0 Å². The third kappa shape index (κ3) is 3.91. The van der Waals surface area contributed by atoms with Gasteiger partial charge in [0.2, 0.25) is 10.0 Å². The number of ether oxygens (including phenoxy) is 1. The molecule has 9 heteroatoms. The quantitative estimate of drug-likeness (QED) is 0.856.